The summed E-state index contributed by atoms with van der Waals surface area (Å²) in [4.78, 5) is 26.3. The van der Waals surface area contributed by atoms with Gasteiger partial charge in [0.15, 0.2) is 5.65 Å². The zero-order valence-electron chi connectivity index (χ0n) is 18.7. The van der Waals surface area contributed by atoms with E-state index in [4.69, 9.17) is 14.7 Å². The highest BCUT2D eigenvalue weighted by Gasteiger charge is 2.15. The van der Waals surface area contributed by atoms with Crippen LogP contribution in [0.15, 0.2) is 72.9 Å². The molecule has 0 saturated heterocycles. The van der Waals surface area contributed by atoms with Gasteiger partial charge in [0.1, 0.15) is 11.3 Å². The number of ether oxygens (including phenoxy) is 1. The molecule has 0 amide bonds. The van der Waals surface area contributed by atoms with Gasteiger partial charge >= 0.3 is 5.97 Å². The van der Waals surface area contributed by atoms with Crippen molar-refractivity contribution in [1.29, 1.82) is 0 Å². The molecule has 5 aromatic rings. The number of pyridine rings is 2. The highest BCUT2D eigenvalue weighted by Crippen LogP contribution is 2.26. The van der Waals surface area contributed by atoms with Crippen LogP contribution in [0.5, 0.6) is 0 Å². The number of benzene rings is 2. The molecule has 6 nitrogen and oxygen atoms in total. The van der Waals surface area contributed by atoms with Crippen molar-refractivity contribution in [2.45, 2.75) is 26.3 Å². The topological polar surface area (TPSA) is 69.9 Å². The SMILES string of the molecule is CCCc1nc2cccnc2n1Cc1ccc2nc(-c3ccccc3C(=O)OC)ccc2c1. The molecule has 3 aromatic heterocycles. The van der Waals surface area contributed by atoms with E-state index in [1.54, 1.807) is 6.07 Å². The minimum absolute atomic E-state index is 0.369. The third-order valence-electron chi connectivity index (χ3n) is 5.76. The Hall–Kier alpha value is -4.06. The molecule has 0 fully saturated rings. The fraction of sp³-hybridized carbons (Fsp3) is 0.185. The van der Waals surface area contributed by atoms with Crippen LogP contribution in [0.4, 0.5) is 0 Å². The molecule has 0 aliphatic heterocycles. The number of aromatic nitrogens is 4. The minimum Gasteiger partial charge on any atom is -0.465 e. The zero-order valence-corrected chi connectivity index (χ0v) is 18.7. The lowest BCUT2D eigenvalue weighted by Crippen LogP contribution is -2.06. The predicted octanol–water partition coefficient (Wildman–Crippen LogP) is 5.43. The second-order valence-corrected chi connectivity index (χ2v) is 7.97. The maximum atomic E-state index is 12.2. The van der Waals surface area contributed by atoms with Crippen molar-refractivity contribution in [3.63, 3.8) is 0 Å². The van der Waals surface area contributed by atoms with Gasteiger partial charge in [0.25, 0.3) is 0 Å². The Morgan fingerprint density at radius 2 is 1.85 bits per heavy atom. The molecule has 0 aliphatic carbocycles. The van der Waals surface area contributed by atoms with E-state index in [0.717, 1.165) is 57.6 Å². The summed E-state index contributed by atoms with van der Waals surface area (Å²) in [5.41, 5.74) is 5.88. The number of fused-ring (bicyclic) bond motifs is 2. The third-order valence-corrected chi connectivity index (χ3v) is 5.76. The number of imidazole rings is 1. The number of hydrogen-bond acceptors (Lipinski definition) is 5. The molecule has 164 valence electrons. The molecule has 0 radical (unpaired) electrons. The summed E-state index contributed by atoms with van der Waals surface area (Å²) in [7, 11) is 1.39. The summed E-state index contributed by atoms with van der Waals surface area (Å²) >= 11 is 0. The lowest BCUT2D eigenvalue weighted by Gasteiger charge is -2.11. The molecule has 0 spiro atoms. The van der Waals surface area contributed by atoms with E-state index in [0.29, 0.717) is 12.1 Å². The fourth-order valence-corrected chi connectivity index (χ4v) is 4.19. The lowest BCUT2D eigenvalue weighted by molar-refractivity contribution is 0.0601. The van der Waals surface area contributed by atoms with Gasteiger partial charge in [-0.25, -0.2) is 19.7 Å². The van der Waals surface area contributed by atoms with Crippen molar-refractivity contribution < 1.29 is 9.53 Å². The number of nitrogens with zero attached hydrogens (tertiary/aromatic N) is 4. The summed E-state index contributed by atoms with van der Waals surface area (Å²) in [5, 5.41) is 1.04. The van der Waals surface area contributed by atoms with Crippen LogP contribution in [-0.2, 0) is 17.7 Å². The molecule has 0 N–H and O–H groups in total. The van der Waals surface area contributed by atoms with Gasteiger partial charge < -0.3 is 9.30 Å². The summed E-state index contributed by atoms with van der Waals surface area (Å²) in [6.45, 7) is 2.86. The van der Waals surface area contributed by atoms with E-state index in [2.05, 4.69) is 28.6 Å². The maximum absolute atomic E-state index is 12.2. The van der Waals surface area contributed by atoms with Gasteiger partial charge in [-0.1, -0.05) is 37.3 Å². The number of carbonyl (C=O) groups excluding carboxylic acids is 1. The standard InChI is InChI=1S/C27H24N4O2/c1-3-7-25-30-24-10-6-15-28-26(24)31(25)17-18-11-13-22-19(16-18)12-14-23(29-22)20-8-4-5-9-21(20)27(32)33-2/h4-6,8-16H,3,7,17H2,1-2H3. The van der Waals surface area contributed by atoms with Crippen LogP contribution in [0.1, 0.15) is 35.1 Å². The molecule has 3 heterocycles. The van der Waals surface area contributed by atoms with Gasteiger partial charge in [-0.05, 0) is 48.4 Å². The van der Waals surface area contributed by atoms with E-state index in [-0.39, 0.29) is 5.97 Å². The quantitative estimate of drug-likeness (QED) is 0.332. The molecule has 5 rings (SSSR count). The molecule has 0 unspecified atom stereocenters. The molecule has 0 saturated carbocycles. The first-order chi connectivity index (χ1) is 16.2. The van der Waals surface area contributed by atoms with E-state index >= 15 is 0 Å². The van der Waals surface area contributed by atoms with Crippen molar-refractivity contribution >= 4 is 28.0 Å². The highest BCUT2D eigenvalue weighted by molar-refractivity contribution is 5.97. The second kappa shape index (κ2) is 8.82. The summed E-state index contributed by atoms with van der Waals surface area (Å²) in [6.07, 6.45) is 3.75. The Kier molecular flexibility index (Phi) is 5.57. The van der Waals surface area contributed by atoms with E-state index in [1.807, 2.05) is 54.7 Å². The monoisotopic (exact) mass is 436 g/mol. The summed E-state index contributed by atoms with van der Waals surface area (Å²) in [6, 6.07) is 21.6. The molecule has 0 bridgehead atoms. The van der Waals surface area contributed by atoms with Gasteiger partial charge in [0.2, 0.25) is 0 Å². The van der Waals surface area contributed by atoms with E-state index < -0.39 is 0 Å². The molecule has 33 heavy (non-hydrogen) atoms. The fourth-order valence-electron chi connectivity index (χ4n) is 4.19. The molecular formula is C27H24N4O2. The maximum Gasteiger partial charge on any atom is 0.338 e. The third kappa shape index (κ3) is 3.96. The average Bonchev–Trinajstić information content (AvgIpc) is 3.20. The van der Waals surface area contributed by atoms with E-state index in [9.17, 15) is 4.79 Å². The Morgan fingerprint density at radius 1 is 0.970 bits per heavy atom. The second-order valence-electron chi connectivity index (χ2n) is 7.97. The van der Waals surface area contributed by atoms with E-state index in [1.165, 1.54) is 7.11 Å². The minimum atomic E-state index is -0.369. The number of aryl methyl sites for hydroxylation is 1. The van der Waals surface area contributed by atoms with Crippen molar-refractivity contribution in [2.24, 2.45) is 0 Å². The van der Waals surface area contributed by atoms with Crippen molar-refractivity contribution in [3.8, 4) is 11.3 Å². The van der Waals surface area contributed by atoms with Crippen molar-refractivity contribution in [3.05, 3.63) is 89.9 Å². The number of methoxy groups -OCH3 is 1. The number of rotatable bonds is 6. The summed E-state index contributed by atoms with van der Waals surface area (Å²) in [5.74, 6) is 0.686. The van der Waals surface area contributed by atoms with Gasteiger partial charge in [0.05, 0.1) is 30.4 Å². The Balaban J connectivity index is 1.51. The first-order valence-electron chi connectivity index (χ1n) is 11.1. The molecule has 0 atom stereocenters. The van der Waals surface area contributed by atoms with Crippen LogP contribution in [0.3, 0.4) is 0 Å². The normalized spacial score (nSPS) is 11.2. The van der Waals surface area contributed by atoms with Crippen molar-refractivity contribution in [2.75, 3.05) is 7.11 Å². The Morgan fingerprint density at radius 3 is 2.70 bits per heavy atom. The Bertz CT molecular complexity index is 1470. The van der Waals surface area contributed by atoms with Crippen LogP contribution < -0.4 is 0 Å². The smallest absolute Gasteiger partial charge is 0.338 e. The first-order valence-corrected chi connectivity index (χ1v) is 11.1. The highest BCUT2D eigenvalue weighted by atomic mass is 16.5. The predicted molar refractivity (Wildman–Crippen MR) is 129 cm³/mol. The van der Waals surface area contributed by atoms with Crippen LogP contribution in [0.25, 0.3) is 33.3 Å². The van der Waals surface area contributed by atoms with Crippen LogP contribution in [-0.4, -0.2) is 32.6 Å². The van der Waals surface area contributed by atoms with Crippen LogP contribution >= 0.6 is 0 Å². The average molecular weight is 437 g/mol. The van der Waals surface area contributed by atoms with Gasteiger partial charge in [-0.2, -0.15) is 0 Å². The van der Waals surface area contributed by atoms with Gasteiger partial charge in [0, 0.05) is 23.6 Å². The number of esters is 1. The number of hydrogen-bond donors (Lipinski definition) is 0. The molecule has 2 aromatic carbocycles. The van der Waals surface area contributed by atoms with Crippen LogP contribution in [0, 0.1) is 0 Å². The van der Waals surface area contributed by atoms with Gasteiger partial charge in [-0.15, -0.1) is 0 Å². The lowest BCUT2D eigenvalue weighted by atomic mass is 10.0. The summed E-state index contributed by atoms with van der Waals surface area (Å²) < 4.78 is 7.13. The number of carbonyl (C=O) groups is 1. The largest absolute Gasteiger partial charge is 0.465 e. The first kappa shape index (κ1) is 20.8. The van der Waals surface area contributed by atoms with Gasteiger partial charge in [-0.3, -0.25) is 0 Å². The molecule has 6 heteroatoms. The zero-order chi connectivity index (χ0) is 22.8. The van der Waals surface area contributed by atoms with Crippen molar-refractivity contribution in [1.82, 2.24) is 19.5 Å². The Labute approximate surface area is 191 Å². The molecule has 0 aliphatic rings. The molecular weight excluding hydrogens is 412 g/mol. The van der Waals surface area contributed by atoms with Crippen LogP contribution in [0.2, 0.25) is 0 Å².